The molecule has 0 bridgehead atoms. The van der Waals surface area contributed by atoms with Crippen LogP contribution in [0.2, 0.25) is 0 Å². The number of hydrogen-bond donors (Lipinski definition) is 0. The van der Waals surface area contributed by atoms with E-state index < -0.39 is 0 Å². The Kier molecular flexibility index (Phi) is 4.77. The standard InChI is InChI=1S/C4H6Br2.CH3Cl/c1-2-3(5)4(2)6;1-2/h2-4H,1H3;1H3. The van der Waals surface area contributed by atoms with Gasteiger partial charge >= 0.3 is 0 Å². The maximum Gasteiger partial charge on any atom is 0.0310 e. The van der Waals surface area contributed by atoms with Gasteiger partial charge in [-0.15, -0.1) is 11.6 Å². The monoisotopic (exact) mass is 262 g/mol. The predicted octanol–water partition coefficient (Wildman–Crippen LogP) is 3.02. The fourth-order valence-corrected chi connectivity index (χ4v) is 2.05. The van der Waals surface area contributed by atoms with Gasteiger partial charge in [0.1, 0.15) is 0 Å². The molecule has 2 unspecified atom stereocenters. The van der Waals surface area contributed by atoms with Gasteiger partial charge in [-0.25, -0.2) is 0 Å². The molecule has 0 radical (unpaired) electrons. The van der Waals surface area contributed by atoms with Crippen LogP contribution in [0.3, 0.4) is 0 Å². The fourth-order valence-electron chi connectivity index (χ4n) is 0.368. The van der Waals surface area contributed by atoms with Gasteiger partial charge in [-0.3, -0.25) is 0 Å². The van der Waals surface area contributed by atoms with Crippen LogP contribution in [0.4, 0.5) is 0 Å². The van der Waals surface area contributed by atoms with Crippen LogP contribution < -0.4 is 0 Å². The molecule has 0 N–H and O–H groups in total. The van der Waals surface area contributed by atoms with Crippen molar-refractivity contribution in [1.29, 1.82) is 0 Å². The molecule has 1 fully saturated rings. The lowest BCUT2D eigenvalue weighted by molar-refractivity contribution is 1.00. The molecular weight excluding hydrogens is 255 g/mol. The zero-order valence-electron chi connectivity index (χ0n) is 4.87. The minimum Gasteiger partial charge on any atom is -0.130 e. The van der Waals surface area contributed by atoms with Crippen molar-refractivity contribution in [3.05, 3.63) is 0 Å². The molecule has 0 amide bonds. The Hall–Kier alpha value is 1.25. The van der Waals surface area contributed by atoms with E-state index in [4.69, 9.17) is 0 Å². The summed E-state index contributed by atoms with van der Waals surface area (Å²) in [6.07, 6.45) is 1.47. The average Bonchev–Trinajstić information content (AvgIpc) is 2.30. The second-order valence-electron chi connectivity index (χ2n) is 1.75. The van der Waals surface area contributed by atoms with Crippen LogP contribution in [0.5, 0.6) is 0 Å². The van der Waals surface area contributed by atoms with E-state index in [2.05, 4.69) is 50.4 Å². The van der Waals surface area contributed by atoms with Crippen LogP contribution in [-0.2, 0) is 0 Å². The highest BCUT2D eigenvalue weighted by atomic mass is 79.9. The Morgan fingerprint density at radius 1 is 1.12 bits per heavy atom. The van der Waals surface area contributed by atoms with E-state index in [9.17, 15) is 0 Å². The predicted molar refractivity (Wildman–Crippen MR) is 46.4 cm³/mol. The molecule has 3 heteroatoms. The molecule has 0 aromatic rings. The molecule has 0 spiro atoms. The lowest BCUT2D eigenvalue weighted by Gasteiger charge is -1.64. The van der Waals surface area contributed by atoms with E-state index in [1.54, 1.807) is 0 Å². The Labute approximate surface area is 72.2 Å². The Morgan fingerprint density at radius 3 is 1.25 bits per heavy atom. The molecule has 0 heterocycles. The van der Waals surface area contributed by atoms with Crippen LogP contribution >= 0.6 is 43.5 Å². The molecule has 50 valence electrons. The first-order valence-corrected chi connectivity index (χ1v) is 4.98. The molecule has 0 nitrogen and oxygen atoms in total. The van der Waals surface area contributed by atoms with Gasteiger partial charge < -0.3 is 0 Å². The topological polar surface area (TPSA) is 0 Å². The van der Waals surface area contributed by atoms with Crippen molar-refractivity contribution in [3.8, 4) is 0 Å². The van der Waals surface area contributed by atoms with Gasteiger partial charge in [0.05, 0.1) is 0 Å². The molecule has 0 aromatic heterocycles. The van der Waals surface area contributed by atoms with Gasteiger partial charge in [0, 0.05) is 16.0 Å². The summed E-state index contributed by atoms with van der Waals surface area (Å²) in [5.74, 6) is 0.852. The smallest absolute Gasteiger partial charge is 0.0310 e. The summed E-state index contributed by atoms with van der Waals surface area (Å²) in [5.41, 5.74) is 0. The van der Waals surface area contributed by atoms with Gasteiger partial charge in [0.15, 0.2) is 0 Å². The number of alkyl halides is 3. The SMILES string of the molecule is CC1C(Br)C1Br.CCl. The zero-order chi connectivity index (χ0) is 6.73. The second kappa shape index (κ2) is 4.13. The third-order valence-corrected chi connectivity index (χ3v) is 4.68. The van der Waals surface area contributed by atoms with Crippen LogP contribution in [0.25, 0.3) is 0 Å². The van der Waals surface area contributed by atoms with E-state index in [1.165, 1.54) is 6.38 Å². The summed E-state index contributed by atoms with van der Waals surface area (Å²) < 4.78 is 0. The molecule has 1 aliphatic carbocycles. The second-order valence-corrected chi connectivity index (χ2v) is 3.86. The molecular formula is C5H9Br2Cl. The lowest BCUT2D eigenvalue weighted by atomic mass is 10.5. The van der Waals surface area contributed by atoms with Crippen LogP contribution in [0, 0.1) is 5.92 Å². The largest absolute Gasteiger partial charge is 0.130 e. The lowest BCUT2D eigenvalue weighted by Crippen LogP contribution is -1.61. The summed E-state index contributed by atoms with van der Waals surface area (Å²) in [6.45, 7) is 2.22. The van der Waals surface area contributed by atoms with Gasteiger partial charge in [-0.2, -0.15) is 0 Å². The maximum absolute atomic E-state index is 4.64. The molecule has 1 saturated carbocycles. The van der Waals surface area contributed by atoms with Crippen molar-refractivity contribution < 1.29 is 0 Å². The van der Waals surface area contributed by atoms with E-state index in [1.807, 2.05) is 0 Å². The molecule has 2 atom stereocenters. The van der Waals surface area contributed by atoms with E-state index >= 15 is 0 Å². The molecule has 1 aliphatic rings. The number of halogens is 3. The highest BCUT2D eigenvalue weighted by molar-refractivity contribution is 9.13. The Bertz CT molecular complexity index is 47.2. The Balaban J connectivity index is 0.000000222. The number of hydrogen-bond acceptors (Lipinski definition) is 0. The van der Waals surface area contributed by atoms with Crippen LogP contribution in [0.1, 0.15) is 6.92 Å². The first-order valence-electron chi connectivity index (χ1n) is 2.39. The van der Waals surface area contributed by atoms with E-state index in [-0.39, 0.29) is 0 Å². The molecule has 0 aliphatic heterocycles. The third-order valence-electron chi connectivity index (χ3n) is 1.17. The van der Waals surface area contributed by atoms with Crippen molar-refractivity contribution in [3.63, 3.8) is 0 Å². The first kappa shape index (κ1) is 9.25. The van der Waals surface area contributed by atoms with Crippen molar-refractivity contribution in [2.45, 2.75) is 16.6 Å². The van der Waals surface area contributed by atoms with Gasteiger partial charge in [-0.05, 0) is 5.92 Å². The van der Waals surface area contributed by atoms with Crippen molar-refractivity contribution in [1.82, 2.24) is 0 Å². The van der Waals surface area contributed by atoms with Crippen LogP contribution in [-0.4, -0.2) is 16.0 Å². The highest BCUT2D eigenvalue weighted by Gasteiger charge is 2.42. The molecule has 0 saturated heterocycles. The molecule has 8 heavy (non-hydrogen) atoms. The van der Waals surface area contributed by atoms with Crippen molar-refractivity contribution in [2.24, 2.45) is 5.92 Å². The summed E-state index contributed by atoms with van der Waals surface area (Å²) >= 11 is 11.6. The minimum absolute atomic E-state index is 0.748. The summed E-state index contributed by atoms with van der Waals surface area (Å²) in [6, 6.07) is 0. The fraction of sp³-hybridized carbons (Fsp3) is 1.00. The summed E-state index contributed by atoms with van der Waals surface area (Å²) in [4.78, 5) is 1.50. The average molecular weight is 264 g/mol. The maximum atomic E-state index is 4.64. The van der Waals surface area contributed by atoms with Crippen molar-refractivity contribution >= 4 is 43.5 Å². The quantitative estimate of drug-likeness (QED) is 0.590. The molecule has 1 rings (SSSR count). The van der Waals surface area contributed by atoms with E-state index in [0.717, 1.165) is 15.6 Å². The normalized spacial score (nSPS) is 42.4. The van der Waals surface area contributed by atoms with Gasteiger partial charge in [0.2, 0.25) is 0 Å². The van der Waals surface area contributed by atoms with Crippen molar-refractivity contribution in [2.75, 3.05) is 6.38 Å². The van der Waals surface area contributed by atoms with E-state index in [0.29, 0.717) is 0 Å². The van der Waals surface area contributed by atoms with Gasteiger partial charge in [-0.1, -0.05) is 38.8 Å². The summed E-state index contributed by atoms with van der Waals surface area (Å²) in [7, 11) is 0. The minimum atomic E-state index is 0.748. The Morgan fingerprint density at radius 2 is 1.25 bits per heavy atom. The van der Waals surface area contributed by atoms with Gasteiger partial charge in [0.25, 0.3) is 0 Å². The molecule has 0 aromatic carbocycles. The zero-order valence-corrected chi connectivity index (χ0v) is 8.79. The van der Waals surface area contributed by atoms with Crippen LogP contribution in [0.15, 0.2) is 0 Å². The number of rotatable bonds is 0. The highest BCUT2D eigenvalue weighted by Crippen LogP contribution is 2.43. The third kappa shape index (κ3) is 2.24. The first-order chi connectivity index (χ1) is 3.73. The summed E-state index contributed by atoms with van der Waals surface area (Å²) in [5, 5.41) is 0.